The maximum Gasteiger partial charge on any atom is 0.288 e. The van der Waals surface area contributed by atoms with Gasteiger partial charge in [-0.2, -0.15) is 0 Å². The molecular weight excluding hydrogens is 228 g/mol. The molecule has 4 heteroatoms. The van der Waals surface area contributed by atoms with E-state index in [1.807, 2.05) is 49.5 Å². The third-order valence-electron chi connectivity index (χ3n) is 3.08. The highest BCUT2D eigenvalue weighted by atomic mass is 16.2. The van der Waals surface area contributed by atoms with E-state index in [1.165, 1.54) is 4.90 Å². The molecule has 96 valence electrons. The van der Waals surface area contributed by atoms with Gasteiger partial charge in [0.15, 0.2) is 6.04 Å². The standard InChI is InChI=1S/C14H18N2O2/c1-10(2)15-12-8-13(17)16(14(12)18)9-11-6-4-3-5-7-11/h3-7,10,12,15H,8-9H2,1-2H3/p+1/t12-/m1/s1. The lowest BCUT2D eigenvalue weighted by molar-refractivity contribution is -0.701. The van der Waals surface area contributed by atoms with Crippen LogP contribution in [-0.4, -0.2) is 28.8 Å². The molecule has 1 saturated heterocycles. The van der Waals surface area contributed by atoms with Crippen molar-refractivity contribution in [2.24, 2.45) is 0 Å². The molecule has 1 atom stereocenters. The van der Waals surface area contributed by atoms with Crippen molar-refractivity contribution in [1.29, 1.82) is 0 Å². The van der Waals surface area contributed by atoms with E-state index in [-0.39, 0.29) is 17.9 Å². The van der Waals surface area contributed by atoms with E-state index < -0.39 is 0 Å². The van der Waals surface area contributed by atoms with Gasteiger partial charge < -0.3 is 5.32 Å². The summed E-state index contributed by atoms with van der Waals surface area (Å²) in [5.74, 6) is -0.122. The third-order valence-corrected chi connectivity index (χ3v) is 3.08. The molecule has 1 heterocycles. The first-order valence-electron chi connectivity index (χ1n) is 6.31. The van der Waals surface area contributed by atoms with Crippen LogP contribution in [0.2, 0.25) is 0 Å². The Morgan fingerprint density at radius 3 is 2.56 bits per heavy atom. The summed E-state index contributed by atoms with van der Waals surface area (Å²) in [5, 5.41) is 1.96. The Kier molecular flexibility index (Phi) is 3.77. The van der Waals surface area contributed by atoms with Crippen molar-refractivity contribution in [1.82, 2.24) is 4.90 Å². The second kappa shape index (κ2) is 5.31. The minimum Gasteiger partial charge on any atom is -0.334 e. The number of likely N-dealkylation sites (tertiary alicyclic amines) is 1. The number of rotatable bonds is 4. The summed E-state index contributed by atoms with van der Waals surface area (Å²) < 4.78 is 0. The first kappa shape index (κ1) is 12.8. The molecule has 4 nitrogen and oxygen atoms in total. The van der Waals surface area contributed by atoms with Gasteiger partial charge in [0.1, 0.15) is 0 Å². The van der Waals surface area contributed by atoms with Crippen molar-refractivity contribution in [2.45, 2.75) is 38.9 Å². The summed E-state index contributed by atoms with van der Waals surface area (Å²) in [7, 11) is 0. The Labute approximate surface area is 107 Å². The van der Waals surface area contributed by atoms with Crippen molar-refractivity contribution in [3.63, 3.8) is 0 Å². The molecule has 1 aliphatic rings. The molecular formula is C14H19N2O2+. The Morgan fingerprint density at radius 2 is 1.94 bits per heavy atom. The largest absolute Gasteiger partial charge is 0.334 e. The first-order valence-corrected chi connectivity index (χ1v) is 6.31. The zero-order chi connectivity index (χ0) is 13.1. The number of nitrogens with two attached hydrogens (primary N) is 1. The molecule has 2 amide bonds. The number of carbonyl (C=O) groups excluding carboxylic acids is 2. The van der Waals surface area contributed by atoms with Gasteiger partial charge in [-0.1, -0.05) is 30.3 Å². The second-order valence-corrected chi connectivity index (χ2v) is 5.05. The summed E-state index contributed by atoms with van der Waals surface area (Å²) in [5.41, 5.74) is 0.990. The highest BCUT2D eigenvalue weighted by Crippen LogP contribution is 2.14. The van der Waals surface area contributed by atoms with Crippen molar-refractivity contribution in [2.75, 3.05) is 0 Å². The van der Waals surface area contributed by atoms with Crippen LogP contribution in [0.15, 0.2) is 30.3 Å². The number of hydrogen-bond acceptors (Lipinski definition) is 2. The normalized spacial score (nSPS) is 19.9. The fourth-order valence-corrected chi connectivity index (χ4v) is 2.26. The predicted octanol–water partition coefficient (Wildman–Crippen LogP) is 0.286. The minimum atomic E-state index is -0.235. The molecule has 0 bridgehead atoms. The topological polar surface area (TPSA) is 54.0 Å². The highest BCUT2D eigenvalue weighted by Gasteiger charge is 2.41. The second-order valence-electron chi connectivity index (χ2n) is 5.05. The van der Waals surface area contributed by atoms with Crippen LogP contribution in [0.1, 0.15) is 25.8 Å². The average molecular weight is 247 g/mol. The smallest absolute Gasteiger partial charge is 0.288 e. The van der Waals surface area contributed by atoms with E-state index in [9.17, 15) is 9.59 Å². The molecule has 2 rings (SSSR count). The van der Waals surface area contributed by atoms with E-state index in [1.54, 1.807) is 0 Å². The van der Waals surface area contributed by atoms with Gasteiger partial charge in [0.05, 0.1) is 19.0 Å². The highest BCUT2D eigenvalue weighted by molar-refractivity contribution is 6.04. The predicted molar refractivity (Wildman–Crippen MR) is 67.5 cm³/mol. The molecule has 1 fully saturated rings. The maximum atomic E-state index is 12.1. The number of nitrogens with zero attached hydrogens (tertiary/aromatic N) is 1. The fourth-order valence-electron chi connectivity index (χ4n) is 2.26. The van der Waals surface area contributed by atoms with Gasteiger partial charge in [0.25, 0.3) is 5.91 Å². The van der Waals surface area contributed by atoms with Crippen LogP contribution < -0.4 is 5.32 Å². The Morgan fingerprint density at radius 1 is 1.28 bits per heavy atom. The lowest BCUT2D eigenvalue weighted by Crippen LogP contribution is -2.95. The summed E-state index contributed by atoms with van der Waals surface area (Å²) in [6.45, 7) is 4.44. The molecule has 0 radical (unpaired) electrons. The van der Waals surface area contributed by atoms with Crippen molar-refractivity contribution in [3.8, 4) is 0 Å². The molecule has 18 heavy (non-hydrogen) atoms. The quantitative estimate of drug-likeness (QED) is 0.777. The Balaban J connectivity index is 2.06. The minimum absolute atomic E-state index is 0.0578. The molecule has 0 saturated carbocycles. The van der Waals surface area contributed by atoms with Crippen LogP contribution in [-0.2, 0) is 16.1 Å². The zero-order valence-corrected chi connectivity index (χ0v) is 10.8. The third kappa shape index (κ3) is 2.76. The molecule has 0 unspecified atom stereocenters. The average Bonchev–Trinajstić information content (AvgIpc) is 2.58. The van der Waals surface area contributed by atoms with E-state index >= 15 is 0 Å². The lowest BCUT2D eigenvalue weighted by Gasteiger charge is -2.15. The maximum absolute atomic E-state index is 12.1. The summed E-state index contributed by atoms with van der Waals surface area (Å²) in [6, 6.07) is 9.70. The summed E-state index contributed by atoms with van der Waals surface area (Å²) in [6.07, 6.45) is 0.323. The Hall–Kier alpha value is -1.68. The van der Waals surface area contributed by atoms with Gasteiger partial charge in [-0.05, 0) is 19.4 Å². The van der Waals surface area contributed by atoms with E-state index in [0.717, 1.165) is 5.56 Å². The van der Waals surface area contributed by atoms with Gasteiger partial charge in [-0.15, -0.1) is 0 Å². The number of imide groups is 1. The van der Waals surface area contributed by atoms with E-state index in [2.05, 4.69) is 0 Å². The zero-order valence-electron chi connectivity index (χ0n) is 10.8. The van der Waals surface area contributed by atoms with Gasteiger partial charge in [0, 0.05) is 0 Å². The fraction of sp³-hybridized carbons (Fsp3) is 0.429. The number of amides is 2. The Bertz CT molecular complexity index is 442. The number of hydrogen-bond donors (Lipinski definition) is 1. The van der Waals surface area contributed by atoms with Crippen LogP contribution in [0.5, 0.6) is 0 Å². The molecule has 1 aromatic carbocycles. The van der Waals surface area contributed by atoms with Gasteiger partial charge in [-0.3, -0.25) is 14.5 Å². The van der Waals surface area contributed by atoms with Gasteiger partial charge in [-0.25, -0.2) is 0 Å². The molecule has 2 N–H and O–H groups in total. The van der Waals surface area contributed by atoms with Crippen LogP contribution in [0.4, 0.5) is 0 Å². The van der Waals surface area contributed by atoms with Gasteiger partial charge >= 0.3 is 0 Å². The number of benzene rings is 1. The summed E-state index contributed by atoms with van der Waals surface area (Å²) in [4.78, 5) is 25.4. The van der Waals surface area contributed by atoms with Crippen LogP contribution in [0.25, 0.3) is 0 Å². The van der Waals surface area contributed by atoms with E-state index in [4.69, 9.17) is 0 Å². The van der Waals surface area contributed by atoms with Crippen molar-refractivity contribution < 1.29 is 14.9 Å². The monoisotopic (exact) mass is 247 g/mol. The summed E-state index contributed by atoms with van der Waals surface area (Å²) >= 11 is 0. The SMILES string of the molecule is CC(C)[NH2+][C@@H]1CC(=O)N(Cc2ccccc2)C1=O. The number of quaternary nitrogens is 1. The lowest BCUT2D eigenvalue weighted by atomic mass is 10.2. The van der Waals surface area contributed by atoms with Gasteiger partial charge in [0.2, 0.25) is 5.91 Å². The van der Waals surface area contributed by atoms with Crippen LogP contribution in [0, 0.1) is 0 Å². The molecule has 0 aromatic heterocycles. The number of carbonyl (C=O) groups is 2. The molecule has 0 aliphatic carbocycles. The van der Waals surface area contributed by atoms with Crippen LogP contribution in [0.3, 0.4) is 0 Å². The molecule has 1 aliphatic heterocycles. The van der Waals surface area contributed by atoms with E-state index in [0.29, 0.717) is 19.0 Å². The molecule has 0 spiro atoms. The van der Waals surface area contributed by atoms with Crippen molar-refractivity contribution >= 4 is 11.8 Å². The van der Waals surface area contributed by atoms with Crippen molar-refractivity contribution in [3.05, 3.63) is 35.9 Å². The van der Waals surface area contributed by atoms with Crippen LogP contribution >= 0.6 is 0 Å². The first-order chi connectivity index (χ1) is 8.58. The molecule has 1 aromatic rings.